The van der Waals surface area contributed by atoms with Gasteiger partial charge in [-0.3, -0.25) is 0 Å². The fourth-order valence-corrected chi connectivity index (χ4v) is 2.77. The highest BCUT2D eigenvalue weighted by molar-refractivity contribution is 5.85. The van der Waals surface area contributed by atoms with Crippen molar-refractivity contribution in [2.75, 3.05) is 7.11 Å². The molecule has 150 valence electrons. The second-order valence-corrected chi connectivity index (χ2v) is 7.65. The average Bonchev–Trinajstić information content (AvgIpc) is 2.95. The van der Waals surface area contributed by atoms with Crippen LogP contribution in [0.5, 0.6) is 5.88 Å². The standard InChI is InChI=1S/C19H28N2O6/c1-11(2)25-16-15-12(8-7-9-14(15)27-21-16)10-13(17(22)24-6)20-18(23)26-19(3,4)5/h8,11,13H,7,9-10H2,1-6H3,(H,20,23)/t13-/m0/s1. The molecule has 0 spiro atoms. The van der Waals surface area contributed by atoms with E-state index in [-0.39, 0.29) is 12.5 Å². The molecule has 8 nitrogen and oxygen atoms in total. The van der Waals surface area contributed by atoms with Gasteiger partial charge in [-0.15, -0.1) is 0 Å². The Kier molecular flexibility index (Phi) is 6.51. The van der Waals surface area contributed by atoms with E-state index in [0.717, 1.165) is 17.6 Å². The number of aromatic nitrogens is 1. The van der Waals surface area contributed by atoms with Gasteiger partial charge in [-0.05, 0) is 51.8 Å². The van der Waals surface area contributed by atoms with Gasteiger partial charge in [0.25, 0.3) is 5.88 Å². The van der Waals surface area contributed by atoms with Gasteiger partial charge in [-0.2, -0.15) is 0 Å². The van der Waals surface area contributed by atoms with Crippen molar-refractivity contribution in [2.24, 2.45) is 0 Å². The van der Waals surface area contributed by atoms with Crippen LogP contribution in [0.15, 0.2) is 10.6 Å². The van der Waals surface area contributed by atoms with Gasteiger partial charge in [0.1, 0.15) is 17.4 Å². The summed E-state index contributed by atoms with van der Waals surface area (Å²) in [5.41, 5.74) is 0.892. The third-order valence-corrected chi connectivity index (χ3v) is 3.76. The van der Waals surface area contributed by atoms with Gasteiger partial charge in [0, 0.05) is 12.8 Å². The summed E-state index contributed by atoms with van der Waals surface area (Å²) in [5.74, 6) is 0.549. The highest BCUT2D eigenvalue weighted by atomic mass is 16.6. The van der Waals surface area contributed by atoms with Crippen molar-refractivity contribution in [1.82, 2.24) is 10.5 Å². The number of alkyl carbamates (subject to hydrolysis) is 1. The van der Waals surface area contributed by atoms with Crippen LogP contribution in [-0.4, -0.2) is 42.1 Å². The van der Waals surface area contributed by atoms with Gasteiger partial charge >= 0.3 is 12.1 Å². The summed E-state index contributed by atoms with van der Waals surface area (Å²) in [6.07, 6.45) is 2.92. The quantitative estimate of drug-likeness (QED) is 0.756. The lowest BCUT2D eigenvalue weighted by Crippen LogP contribution is -2.44. The SMILES string of the molecule is COC(=O)[C@H](CC1=CCCc2onc(OC(C)C)c21)NC(=O)OC(C)(C)C. The first-order chi connectivity index (χ1) is 12.6. The molecule has 0 saturated carbocycles. The minimum Gasteiger partial charge on any atom is -0.472 e. The third-order valence-electron chi connectivity index (χ3n) is 3.76. The number of ether oxygens (including phenoxy) is 3. The number of esters is 1. The minimum atomic E-state index is -0.899. The van der Waals surface area contributed by atoms with Gasteiger partial charge < -0.3 is 24.1 Å². The third kappa shape index (κ3) is 5.74. The molecule has 1 aromatic rings. The molecule has 2 rings (SSSR count). The molecule has 0 aliphatic heterocycles. The van der Waals surface area contributed by atoms with Crippen molar-refractivity contribution in [3.05, 3.63) is 17.4 Å². The number of hydrogen-bond donors (Lipinski definition) is 1. The van der Waals surface area contributed by atoms with Gasteiger partial charge in [-0.25, -0.2) is 9.59 Å². The molecule has 1 N–H and O–H groups in total. The molecule has 1 aliphatic carbocycles. The predicted octanol–water partition coefficient (Wildman–Crippen LogP) is 3.25. The van der Waals surface area contributed by atoms with E-state index in [4.69, 9.17) is 18.7 Å². The summed E-state index contributed by atoms with van der Waals surface area (Å²) in [7, 11) is 1.28. The molecule has 0 saturated heterocycles. The molecular weight excluding hydrogens is 352 g/mol. The number of methoxy groups -OCH3 is 1. The fraction of sp³-hybridized carbons (Fsp3) is 0.632. The van der Waals surface area contributed by atoms with Crippen LogP contribution in [0.2, 0.25) is 0 Å². The first-order valence-electron chi connectivity index (χ1n) is 9.02. The molecule has 1 aromatic heterocycles. The number of allylic oxidation sites excluding steroid dienone is 1. The highest BCUT2D eigenvalue weighted by Gasteiger charge is 2.31. The summed E-state index contributed by atoms with van der Waals surface area (Å²) >= 11 is 0. The number of rotatable bonds is 6. The number of carbonyl (C=O) groups excluding carboxylic acids is 2. The Bertz CT molecular complexity index is 714. The molecule has 0 radical (unpaired) electrons. The Morgan fingerprint density at radius 2 is 2.04 bits per heavy atom. The van der Waals surface area contributed by atoms with E-state index in [1.807, 2.05) is 19.9 Å². The lowest BCUT2D eigenvalue weighted by atomic mass is 9.92. The van der Waals surface area contributed by atoms with Crippen LogP contribution in [0.1, 0.15) is 58.8 Å². The number of amides is 1. The van der Waals surface area contributed by atoms with Crippen molar-refractivity contribution in [3.63, 3.8) is 0 Å². The van der Waals surface area contributed by atoms with E-state index in [2.05, 4.69) is 10.5 Å². The first-order valence-corrected chi connectivity index (χ1v) is 9.02. The Morgan fingerprint density at radius 1 is 1.33 bits per heavy atom. The maximum absolute atomic E-state index is 12.2. The van der Waals surface area contributed by atoms with Crippen LogP contribution in [0.25, 0.3) is 5.57 Å². The number of fused-ring (bicyclic) bond motifs is 1. The molecule has 1 aliphatic rings. The molecule has 1 heterocycles. The smallest absolute Gasteiger partial charge is 0.408 e. The lowest BCUT2D eigenvalue weighted by Gasteiger charge is -2.24. The average molecular weight is 380 g/mol. The summed E-state index contributed by atoms with van der Waals surface area (Å²) in [6, 6.07) is -0.899. The zero-order chi connectivity index (χ0) is 20.2. The minimum absolute atomic E-state index is 0.0707. The van der Waals surface area contributed by atoms with Crippen LogP contribution in [0.4, 0.5) is 4.79 Å². The summed E-state index contributed by atoms with van der Waals surface area (Å²) in [6.45, 7) is 9.05. The molecule has 0 fully saturated rings. The Labute approximate surface area is 159 Å². The number of hydrogen-bond acceptors (Lipinski definition) is 7. The number of nitrogens with zero attached hydrogens (tertiary/aromatic N) is 1. The molecule has 8 heteroatoms. The second-order valence-electron chi connectivity index (χ2n) is 7.65. The fourth-order valence-electron chi connectivity index (χ4n) is 2.77. The van der Waals surface area contributed by atoms with E-state index >= 15 is 0 Å². The molecule has 1 atom stereocenters. The van der Waals surface area contributed by atoms with Gasteiger partial charge in [0.2, 0.25) is 0 Å². The maximum Gasteiger partial charge on any atom is 0.408 e. The van der Waals surface area contributed by atoms with E-state index in [1.165, 1.54) is 7.11 Å². The zero-order valence-corrected chi connectivity index (χ0v) is 16.8. The highest BCUT2D eigenvalue weighted by Crippen LogP contribution is 2.37. The van der Waals surface area contributed by atoms with Crippen LogP contribution in [0.3, 0.4) is 0 Å². The van der Waals surface area contributed by atoms with Crippen molar-refractivity contribution < 1.29 is 28.3 Å². The Balaban J connectivity index is 2.21. The molecular formula is C19H28N2O6. The van der Waals surface area contributed by atoms with E-state index < -0.39 is 23.7 Å². The van der Waals surface area contributed by atoms with Crippen molar-refractivity contribution in [3.8, 4) is 5.88 Å². The van der Waals surface area contributed by atoms with Crippen LogP contribution >= 0.6 is 0 Å². The van der Waals surface area contributed by atoms with Gasteiger partial charge in [0.15, 0.2) is 0 Å². The van der Waals surface area contributed by atoms with Crippen LogP contribution < -0.4 is 10.1 Å². The first kappa shape index (κ1) is 20.8. The van der Waals surface area contributed by atoms with Crippen molar-refractivity contribution in [2.45, 2.75) is 71.6 Å². The largest absolute Gasteiger partial charge is 0.472 e. The zero-order valence-electron chi connectivity index (χ0n) is 16.8. The normalized spacial score (nSPS) is 14.9. The molecule has 0 aromatic carbocycles. The summed E-state index contributed by atoms with van der Waals surface area (Å²) in [4.78, 5) is 24.3. The number of nitrogens with one attached hydrogen (secondary N) is 1. The molecule has 27 heavy (non-hydrogen) atoms. The predicted molar refractivity (Wildman–Crippen MR) is 98.4 cm³/mol. The lowest BCUT2D eigenvalue weighted by molar-refractivity contribution is -0.143. The second kappa shape index (κ2) is 8.45. The molecule has 0 unspecified atom stereocenters. The van der Waals surface area contributed by atoms with E-state index in [0.29, 0.717) is 18.1 Å². The number of carbonyl (C=O) groups is 2. The summed E-state index contributed by atoms with van der Waals surface area (Å²) < 4.78 is 21.2. The summed E-state index contributed by atoms with van der Waals surface area (Å²) in [5, 5.41) is 6.59. The van der Waals surface area contributed by atoms with Gasteiger partial charge in [-0.1, -0.05) is 6.08 Å². The van der Waals surface area contributed by atoms with Crippen LogP contribution in [0, 0.1) is 0 Å². The Hall–Kier alpha value is -2.51. The number of aryl methyl sites for hydroxylation is 1. The van der Waals surface area contributed by atoms with Gasteiger partial charge in [0.05, 0.1) is 18.8 Å². The topological polar surface area (TPSA) is 99.9 Å². The van der Waals surface area contributed by atoms with Crippen molar-refractivity contribution in [1.29, 1.82) is 0 Å². The van der Waals surface area contributed by atoms with Crippen molar-refractivity contribution >= 4 is 17.6 Å². The van der Waals surface area contributed by atoms with E-state index in [1.54, 1.807) is 20.8 Å². The monoisotopic (exact) mass is 380 g/mol. The van der Waals surface area contributed by atoms with Crippen LogP contribution in [-0.2, 0) is 20.7 Å². The van der Waals surface area contributed by atoms with E-state index in [9.17, 15) is 9.59 Å². The molecule has 1 amide bonds. The molecule has 0 bridgehead atoms. The Morgan fingerprint density at radius 3 is 2.63 bits per heavy atom. The maximum atomic E-state index is 12.2.